The van der Waals surface area contributed by atoms with E-state index in [1.165, 1.54) is 30.4 Å². The summed E-state index contributed by atoms with van der Waals surface area (Å²) in [5, 5.41) is 10.4. The van der Waals surface area contributed by atoms with Gasteiger partial charge in [0.2, 0.25) is 0 Å². The van der Waals surface area contributed by atoms with Crippen LogP contribution in [0.5, 0.6) is 5.75 Å². The largest absolute Gasteiger partial charge is 0.491 e. The first-order chi connectivity index (χ1) is 16.0. The molecule has 176 valence electrons. The van der Waals surface area contributed by atoms with Crippen molar-refractivity contribution in [3.63, 3.8) is 0 Å². The van der Waals surface area contributed by atoms with Gasteiger partial charge in [-0.15, -0.1) is 0 Å². The SMILES string of the molecule is CCCc1cc(Cl)ccc1C1COc2ccc(C(CC=O)C(=O)O)cc2N(CC2CCC2)C1. The number of fused-ring (bicyclic) bond motifs is 1. The van der Waals surface area contributed by atoms with Gasteiger partial charge in [0, 0.05) is 30.5 Å². The number of ether oxygens (including phenoxy) is 1. The average molecular weight is 470 g/mol. The lowest BCUT2D eigenvalue weighted by Crippen LogP contribution is -2.35. The van der Waals surface area contributed by atoms with E-state index >= 15 is 0 Å². The van der Waals surface area contributed by atoms with Crippen molar-refractivity contribution >= 4 is 29.5 Å². The highest BCUT2D eigenvalue weighted by molar-refractivity contribution is 6.30. The van der Waals surface area contributed by atoms with Crippen LogP contribution in [0.2, 0.25) is 5.02 Å². The van der Waals surface area contributed by atoms with Gasteiger partial charge in [-0.25, -0.2) is 0 Å². The Hall–Kier alpha value is -2.53. The summed E-state index contributed by atoms with van der Waals surface area (Å²) in [7, 11) is 0. The van der Waals surface area contributed by atoms with E-state index in [2.05, 4.69) is 24.0 Å². The molecule has 1 aliphatic carbocycles. The Labute approximate surface area is 200 Å². The van der Waals surface area contributed by atoms with Gasteiger partial charge in [-0.05, 0) is 66.1 Å². The molecule has 0 saturated heterocycles. The maximum Gasteiger partial charge on any atom is 0.311 e. The van der Waals surface area contributed by atoms with Crippen LogP contribution in [0.4, 0.5) is 5.69 Å². The molecule has 5 nitrogen and oxygen atoms in total. The third-order valence-electron chi connectivity index (χ3n) is 7.00. The first-order valence-electron chi connectivity index (χ1n) is 12.0. The van der Waals surface area contributed by atoms with Crippen LogP contribution in [0.3, 0.4) is 0 Å². The van der Waals surface area contributed by atoms with Crippen molar-refractivity contribution in [3.8, 4) is 5.75 Å². The number of aliphatic carboxylic acids is 1. The van der Waals surface area contributed by atoms with Crippen molar-refractivity contribution < 1.29 is 19.4 Å². The Morgan fingerprint density at radius 2 is 2.09 bits per heavy atom. The van der Waals surface area contributed by atoms with Crippen LogP contribution in [0, 0.1) is 5.92 Å². The minimum absolute atomic E-state index is 0.0363. The molecule has 6 heteroatoms. The van der Waals surface area contributed by atoms with Gasteiger partial charge < -0.3 is 19.5 Å². The second-order valence-electron chi connectivity index (χ2n) is 9.32. The Bertz CT molecular complexity index is 1000. The molecule has 0 bridgehead atoms. The molecule has 1 aliphatic heterocycles. The highest BCUT2D eigenvalue weighted by Crippen LogP contribution is 2.40. The number of carboxylic acid groups (broad SMARTS) is 1. The zero-order valence-electron chi connectivity index (χ0n) is 19.1. The van der Waals surface area contributed by atoms with Gasteiger partial charge in [0.05, 0.1) is 18.2 Å². The van der Waals surface area contributed by atoms with Crippen LogP contribution in [0.25, 0.3) is 0 Å². The molecule has 33 heavy (non-hydrogen) atoms. The molecule has 0 aromatic heterocycles. The van der Waals surface area contributed by atoms with Crippen LogP contribution in [0.1, 0.15) is 67.6 Å². The van der Waals surface area contributed by atoms with Crippen molar-refractivity contribution in [2.75, 3.05) is 24.6 Å². The first-order valence-corrected chi connectivity index (χ1v) is 12.3. The number of nitrogens with zero attached hydrogens (tertiary/aromatic N) is 1. The van der Waals surface area contributed by atoms with Crippen molar-refractivity contribution in [2.45, 2.75) is 57.3 Å². The number of aryl methyl sites for hydroxylation is 1. The van der Waals surface area contributed by atoms with E-state index in [1.807, 2.05) is 18.2 Å². The van der Waals surface area contributed by atoms with Crippen molar-refractivity contribution in [3.05, 3.63) is 58.1 Å². The van der Waals surface area contributed by atoms with E-state index in [0.29, 0.717) is 24.4 Å². The van der Waals surface area contributed by atoms with Gasteiger partial charge >= 0.3 is 5.97 Å². The van der Waals surface area contributed by atoms with Crippen LogP contribution in [0.15, 0.2) is 36.4 Å². The van der Waals surface area contributed by atoms with E-state index in [4.69, 9.17) is 16.3 Å². The number of anilines is 1. The highest BCUT2D eigenvalue weighted by atomic mass is 35.5. The predicted octanol–water partition coefficient (Wildman–Crippen LogP) is 5.83. The molecule has 0 radical (unpaired) electrons. The second-order valence-corrected chi connectivity index (χ2v) is 9.76. The molecule has 2 aliphatic rings. The van der Waals surface area contributed by atoms with E-state index < -0.39 is 11.9 Å². The lowest BCUT2D eigenvalue weighted by Gasteiger charge is -2.35. The topological polar surface area (TPSA) is 66.8 Å². The summed E-state index contributed by atoms with van der Waals surface area (Å²) in [5.74, 6) is -0.215. The Balaban J connectivity index is 1.69. The van der Waals surface area contributed by atoms with Crippen LogP contribution >= 0.6 is 11.6 Å². The predicted molar refractivity (Wildman–Crippen MR) is 131 cm³/mol. The maximum atomic E-state index is 11.8. The number of rotatable bonds is 9. The molecule has 2 aromatic rings. The van der Waals surface area contributed by atoms with Gasteiger partial charge in [0.25, 0.3) is 0 Å². The second kappa shape index (κ2) is 10.6. The zero-order chi connectivity index (χ0) is 23.4. The van der Waals surface area contributed by atoms with Gasteiger partial charge in [0.1, 0.15) is 12.0 Å². The number of hydrogen-bond donors (Lipinski definition) is 1. The molecule has 1 saturated carbocycles. The number of aldehydes is 1. The fraction of sp³-hybridized carbons (Fsp3) is 0.481. The van der Waals surface area contributed by atoms with E-state index in [-0.39, 0.29) is 12.3 Å². The summed E-state index contributed by atoms with van der Waals surface area (Å²) in [5.41, 5.74) is 4.13. The highest BCUT2D eigenvalue weighted by Gasteiger charge is 2.30. The molecular formula is C27H32ClNO4. The minimum atomic E-state index is -0.981. The molecule has 2 aromatic carbocycles. The summed E-state index contributed by atoms with van der Waals surface area (Å²) >= 11 is 6.30. The monoisotopic (exact) mass is 469 g/mol. The Morgan fingerprint density at radius 3 is 2.76 bits per heavy atom. The fourth-order valence-electron chi connectivity index (χ4n) is 5.01. The summed E-state index contributed by atoms with van der Waals surface area (Å²) in [6, 6.07) is 11.7. The van der Waals surface area contributed by atoms with Gasteiger partial charge in [-0.2, -0.15) is 0 Å². The van der Waals surface area contributed by atoms with Crippen LogP contribution in [-0.2, 0) is 16.0 Å². The van der Waals surface area contributed by atoms with Crippen LogP contribution in [-0.4, -0.2) is 37.1 Å². The normalized spacial score (nSPS) is 19.1. The van der Waals surface area contributed by atoms with Crippen LogP contribution < -0.4 is 9.64 Å². The zero-order valence-corrected chi connectivity index (χ0v) is 19.9. The van der Waals surface area contributed by atoms with E-state index in [1.54, 1.807) is 6.07 Å². The van der Waals surface area contributed by atoms with Crippen molar-refractivity contribution in [1.82, 2.24) is 0 Å². The standard InChI is InChI=1S/C27H32ClNO4/c1-2-4-19-13-22(28)8-9-23(19)21-16-29(15-18-5-3-6-18)25-14-20(7-10-26(25)33-17-21)24(11-12-30)27(31)32/h7-10,12-14,18,21,24H,2-6,11,15-17H2,1H3,(H,31,32). The molecule has 1 fully saturated rings. The van der Waals surface area contributed by atoms with Gasteiger partial charge in [0.15, 0.2) is 0 Å². The molecule has 4 rings (SSSR count). The van der Waals surface area contributed by atoms with Crippen molar-refractivity contribution in [2.24, 2.45) is 5.92 Å². The number of benzene rings is 2. The van der Waals surface area contributed by atoms with E-state index in [0.717, 1.165) is 42.4 Å². The third kappa shape index (κ3) is 5.35. The molecule has 1 N–H and O–H groups in total. The molecule has 1 heterocycles. The summed E-state index contributed by atoms with van der Waals surface area (Å²) in [4.78, 5) is 25.3. The van der Waals surface area contributed by atoms with Gasteiger partial charge in [-0.1, -0.05) is 43.5 Å². The number of carbonyl (C=O) groups is 2. The molecule has 2 unspecified atom stereocenters. The quantitative estimate of drug-likeness (QED) is 0.468. The molecule has 2 atom stereocenters. The minimum Gasteiger partial charge on any atom is -0.491 e. The first kappa shape index (κ1) is 23.6. The van der Waals surface area contributed by atoms with E-state index in [9.17, 15) is 14.7 Å². The molecule has 0 amide bonds. The molecule has 0 spiro atoms. The average Bonchev–Trinajstić information content (AvgIpc) is 2.94. The lowest BCUT2D eigenvalue weighted by atomic mass is 9.84. The number of carboxylic acids is 1. The van der Waals surface area contributed by atoms with Crippen molar-refractivity contribution in [1.29, 1.82) is 0 Å². The summed E-state index contributed by atoms with van der Waals surface area (Å²) in [6.07, 6.45) is 6.37. The Kier molecular flexibility index (Phi) is 7.59. The fourth-order valence-corrected chi connectivity index (χ4v) is 5.20. The van der Waals surface area contributed by atoms with Gasteiger partial charge in [-0.3, -0.25) is 4.79 Å². The summed E-state index contributed by atoms with van der Waals surface area (Å²) < 4.78 is 6.31. The number of hydrogen-bond acceptors (Lipinski definition) is 4. The third-order valence-corrected chi connectivity index (χ3v) is 7.24. The lowest BCUT2D eigenvalue weighted by molar-refractivity contribution is -0.139. The molecular weight excluding hydrogens is 438 g/mol. The Morgan fingerprint density at radius 1 is 1.27 bits per heavy atom. The number of carbonyl (C=O) groups excluding carboxylic acids is 1. The maximum absolute atomic E-state index is 11.8. The summed E-state index contributed by atoms with van der Waals surface area (Å²) in [6.45, 7) is 4.46. The smallest absolute Gasteiger partial charge is 0.311 e. The number of halogens is 1.